The molecule has 1 amide bonds. The molecule has 1 aromatic heterocycles. The van der Waals surface area contributed by atoms with Crippen LogP contribution in [0.15, 0.2) is 42.5 Å². The van der Waals surface area contributed by atoms with Crippen molar-refractivity contribution < 1.29 is 27.5 Å². The molecule has 0 aliphatic rings. The third-order valence-electron chi connectivity index (χ3n) is 3.87. The summed E-state index contributed by atoms with van der Waals surface area (Å²) in [7, 11) is 1.17. The molecule has 10 heteroatoms. The van der Waals surface area contributed by atoms with E-state index in [0.29, 0.717) is 0 Å². The van der Waals surface area contributed by atoms with Crippen molar-refractivity contribution in [2.45, 2.75) is 12.7 Å². The number of rotatable bonds is 4. The third kappa shape index (κ3) is 3.94. The lowest BCUT2D eigenvalue weighted by Crippen LogP contribution is -2.23. The number of fused-ring (bicyclic) bond motifs is 1. The van der Waals surface area contributed by atoms with Crippen molar-refractivity contribution in [3.63, 3.8) is 0 Å². The van der Waals surface area contributed by atoms with Gasteiger partial charge in [-0.3, -0.25) is 4.79 Å². The van der Waals surface area contributed by atoms with Crippen molar-refractivity contribution in [1.82, 2.24) is 9.55 Å². The lowest BCUT2D eigenvalue weighted by Gasteiger charge is -2.12. The first-order valence-electron chi connectivity index (χ1n) is 7.91. The molecule has 146 valence electrons. The number of alkyl halides is 3. The van der Waals surface area contributed by atoms with E-state index in [1.807, 2.05) is 0 Å². The van der Waals surface area contributed by atoms with Crippen molar-refractivity contribution in [3.05, 3.63) is 58.9 Å². The number of imidazole rings is 1. The van der Waals surface area contributed by atoms with Gasteiger partial charge in [-0.15, -0.1) is 0 Å². The highest BCUT2D eigenvalue weighted by molar-refractivity contribution is 6.33. The monoisotopic (exact) mass is 411 g/mol. The van der Waals surface area contributed by atoms with Crippen LogP contribution in [0.3, 0.4) is 0 Å². The molecule has 1 N–H and O–H groups in total. The van der Waals surface area contributed by atoms with Crippen LogP contribution >= 0.6 is 11.6 Å². The highest BCUT2D eigenvalue weighted by Crippen LogP contribution is 2.31. The van der Waals surface area contributed by atoms with Crippen molar-refractivity contribution in [3.8, 4) is 0 Å². The zero-order valence-electron chi connectivity index (χ0n) is 14.4. The number of benzene rings is 2. The second kappa shape index (κ2) is 7.51. The van der Waals surface area contributed by atoms with Gasteiger partial charge in [-0.1, -0.05) is 23.7 Å². The van der Waals surface area contributed by atoms with E-state index in [1.54, 1.807) is 12.1 Å². The predicted molar refractivity (Wildman–Crippen MR) is 96.2 cm³/mol. The van der Waals surface area contributed by atoms with Gasteiger partial charge >= 0.3 is 12.1 Å². The van der Waals surface area contributed by atoms with Gasteiger partial charge < -0.3 is 14.6 Å². The number of amides is 1. The van der Waals surface area contributed by atoms with E-state index in [1.165, 1.54) is 37.4 Å². The lowest BCUT2D eigenvalue weighted by atomic mass is 10.2. The van der Waals surface area contributed by atoms with Crippen LogP contribution in [0.2, 0.25) is 5.02 Å². The Balaban J connectivity index is 1.89. The van der Waals surface area contributed by atoms with Crippen LogP contribution in [0, 0.1) is 0 Å². The first-order valence-corrected chi connectivity index (χ1v) is 8.28. The number of hydrogen-bond donors (Lipinski definition) is 1. The molecule has 0 bridgehead atoms. The second-order valence-corrected chi connectivity index (χ2v) is 6.15. The molecule has 0 saturated heterocycles. The van der Waals surface area contributed by atoms with Gasteiger partial charge in [0, 0.05) is 5.69 Å². The minimum Gasteiger partial charge on any atom is -0.465 e. The number of esters is 1. The molecule has 6 nitrogen and oxygen atoms in total. The maximum Gasteiger partial charge on any atom is 0.449 e. The number of anilines is 1. The Labute approximate surface area is 161 Å². The van der Waals surface area contributed by atoms with E-state index >= 15 is 0 Å². The normalized spacial score (nSPS) is 11.5. The van der Waals surface area contributed by atoms with E-state index in [0.717, 1.165) is 4.57 Å². The number of nitrogens with one attached hydrogen (secondary N) is 1. The molecule has 28 heavy (non-hydrogen) atoms. The molecular weight excluding hydrogens is 399 g/mol. The van der Waals surface area contributed by atoms with Crippen LogP contribution < -0.4 is 5.32 Å². The summed E-state index contributed by atoms with van der Waals surface area (Å²) in [5.74, 6) is -2.61. The number of methoxy groups -OCH3 is 1. The zero-order chi connectivity index (χ0) is 20.5. The van der Waals surface area contributed by atoms with Gasteiger partial charge in [0.15, 0.2) is 0 Å². The molecule has 0 atom stereocenters. The minimum absolute atomic E-state index is 0.0195. The van der Waals surface area contributed by atoms with Crippen LogP contribution in [-0.2, 0) is 22.3 Å². The largest absolute Gasteiger partial charge is 0.465 e. The van der Waals surface area contributed by atoms with Crippen LogP contribution in [0.5, 0.6) is 0 Å². The third-order valence-corrected chi connectivity index (χ3v) is 4.19. The molecule has 1 heterocycles. The molecular formula is C18H13ClF3N3O3. The Hall–Kier alpha value is -3.07. The number of ether oxygens (including phenoxy) is 1. The SMILES string of the molecule is COC(=O)c1cc(NC(=O)Cn2c(C(F)(F)F)nc3ccccc32)ccc1Cl. The highest BCUT2D eigenvalue weighted by Gasteiger charge is 2.38. The fraction of sp³-hybridized carbons (Fsp3) is 0.167. The summed E-state index contributed by atoms with van der Waals surface area (Å²) in [6.07, 6.45) is -4.72. The number of nitrogens with zero attached hydrogens (tertiary/aromatic N) is 2. The lowest BCUT2D eigenvalue weighted by molar-refractivity contribution is -0.147. The van der Waals surface area contributed by atoms with E-state index in [-0.39, 0.29) is 27.3 Å². The Morgan fingerprint density at radius 3 is 2.61 bits per heavy atom. The van der Waals surface area contributed by atoms with Gasteiger partial charge in [-0.25, -0.2) is 9.78 Å². The fourth-order valence-electron chi connectivity index (χ4n) is 2.67. The van der Waals surface area contributed by atoms with Gasteiger partial charge in [0.05, 0.1) is 28.7 Å². The number of hydrogen-bond acceptors (Lipinski definition) is 4. The number of aromatic nitrogens is 2. The molecule has 2 aromatic carbocycles. The molecule has 0 aliphatic carbocycles. The predicted octanol–water partition coefficient (Wildman–Crippen LogP) is 4.13. The Morgan fingerprint density at radius 2 is 1.93 bits per heavy atom. The average molecular weight is 412 g/mol. The molecule has 0 fully saturated rings. The smallest absolute Gasteiger partial charge is 0.449 e. The number of carbonyl (C=O) groups is 2. The van der Waals surface area contributed by atoms with Gasteiger partial charge in [-0.2, -0.15) is 13.2 Å². The average Bonchev–Trinajstić information content (AvgIpc) is 3.01. The molecule has 0 aliphatic heterocycles. The van der Waals surface area contributed by atoms with Crippen LogP contribution in [0.4, 0.5) is 18.9 Å². The summed E-state index contributed by atoms with van der Waals surface area (Å²) in [5.41, 5.74) is 0.511. The van der Waals surface area contributed by atoms with E-state index in [4.69, 9.17) is 11.6 Å². The molecule has 0 radical (unpaired) electrons. The molecule has 3 aromatic rings. The van der Waals surface area contributed by atoms with Crippen LogP contribution in [0.1, 0.15) is 16.2 Å². The van der Waals surface area contributed by atoms with Crippen LogP contribution in [0.25, 0.3) is 11.0 Å². The molecule has 0 saturated carbocycles. The summed E-state index contributed by atoms with van der Waals surface area (Å²) in [5, 5.41) is 2.56. The van der Waals surface area contributed by atoms with Crippen molar-refractivity contribution >= 4 is 40.2 Å². The minimum atomic E-state index is -4.72. The van der Waals surface area contributed by atoms with E-state index < -0.39 is 30.4 Å². The van der Waals surface area contributed by atoms with E-state index in [9.17, 15) is 22.8 Å². The summed E-state index contributed by atoms with van der Waals surface area (Å²) in [6.45, 7) is -0.620. The summed E-state index contributed by atoms with van der Waals surface area (Å²) < 4.78 is 45.3. The Morgan fingerprint density at radius 1 is 1.21 bits per heavy atom. The Kier molecular flexibility index (Phi) is 5.28. The van der Waals surface area contributed by atoms with Gasteiger partial charge in [0.2, 0.25) is 11.7 Å². The molecule has 0 unspecified atom stereocenters. The first-order chi connectivity index (χ1) is 13.2. The summed E-state index contributed by atoms with van der Waals surface area (Å²) in [6, 6.07) is 10.1. The quantitative estimate of drug-likeness (QED) is 0.655. The van der Waals surface area contributed by atoms with Gasteiger partial charge in [-0.05, 0) is 30.3 Å². The maximum absolute atomic E-state index is 13.3. The Bertz CT molecular complexity index is 1060. The van der Waals surface area contributed by atoms with Crippen molar-refractivity contribution in [1.29, 1.82) is 0 Å². The van der Waals surface area contributed by atoms with Crippen LogP contribution in [-0.4, -0.2) is 28.5 Å². The molecule has 3 rings (SSSR count). The number of para-hydroxylation sites is 2. The standard InChI is InChI=1S/C18H13ClF3N3O3/c1-28-16(27)11-8-10(6-7-12(11)19)23-15(26)9-25-14-5-3-2-4-13(14)24-17(25)18(20,21)22/h2-8H,9H2,1H3,(H,23,26). The number of halogens is 4. The summed E-state index contributed by atoms with van der Waals surface area (Å²) in [4.78, 5) is 27.6. The van der Waals surface area contributed by atoms with Gasteiger partial charge in [0.1, 0.15) is 6.54 Å². The number of carbonyl (C=O) groups excluding carboxylic acids is 2. The van der Waals surface area contributed by atoms with Crippen molar-refractivity contribution in [2.75, 3.05) is 12.4 Å². The highest BCUT2D eigenvalue weighted by atomic mass is 35.5. The van der Waals surface area contributed by atoms with Gasteiger partial charge in [0.25, 0.3) is 0 Å². The van der Waals surface area contributed by atoms with E-state index in [2.05, 4.69) is 15.0 Å². The second-order valence-electron chi connectivity index (χ2n) is 5.74. The zero-order valence-corrected chi connectivity index (χ0v) is 15.1. The topological polar surface area (TPSA) is 73.2 Å². The van der Waals surface area contributed by atoms with Crippen molar-refractivity contribution in [2.24, 2.45) is 0 Å². The summed E-state index contributed by atoms with van der Waals surface area (Å²) >= 11 is 5.91. The fourth-order valence-corrected chi connectivity index (χ4v) is 2.86. The maximum atomic E-state index is 13.3. The first kappa shape index (κ1) is 19.7. The molecule has 0 spiro atoms.